The van der Waals surface area contributed by atoms with Gasteiger partial charge in [0.1, 0.15) is 5.76 Å². The Morgan fingerprint density at radius 3 is 2.84 bits per heavy atom. The van der Waals surface area contributed by atoms with E-state index in [1.165, 1.54) is 18.5 Å². The van der Waals surface area contributed by atoms with Crippen molar-refractivity contribution in [3.8, 4) is 0 Å². The van der Waals surface area contributed by atoms with Crippen LogP contribution < -0.4 is 16.0 Å². The smallest absolute Gasteiger partial charge is 0.260 e. The molecule has 0 amide bonds. The first-order valence-corrected chi connectivity index (χ1v) is 6.84. The van der Waals surface area contributed by atoms with E-state index in [0.29, 0.717) is 5.76 Å². The SMILES string of the molecule is Cc1cnc(CNS(=O)(=O)c2ncccc2NN)o1. The summed E-state index contributed by atoms with van der Waals surface area (Å²) in [4.78, 5) is 7.70. The predicted molar refractivity (Wildman–Crippen MR) is 67.3 cm³/mol. The summed E-state index contributed by atoms with van der Waals surface area (Å²) < 4.78 is 31.6. The maximum atomic E-state index is 12.1. The van der Waals surface area contributed by atoms with Gasteiger partial charge in [-0.3, -0.25) is 5.84 Å². The number of anilines is 1. The van der Waals surface area contributed by atoms with Gasteiger partial charge in [-0.1, -0.05) is 0 Å². The van der Waals surface area contributed by atoms with Crippen LogP contribution in [0.1, 0.15) is 11.7 Å². The second-order valence-electron chi connectivity index (χ2n) is 3.69. The molecule has 2 heterocycles. The average Bonchev–Trinajstić information content (AvgIpc) is 2.82. The van der Waals surface area contributed by atoms with Crippen molar-refractivity contribution in [2.24, 2.45) is 5.84 Å². The molecule has 0 aliphatic rings. The normalized spacial score (nSPS) is 11.5. The molecule has 2 aromatic heterocycles. The molecule has 0 saturated carbocycles. The number of hydrazine groups is 1. The van der Waals surface area contributed by atoms with E-state index in [1.54, 1.807) is 13.0 Å². The molecule has 0 atom stereocenters. The van der Waals surface area contributed by atoms with Gasteiger partial charge in [-0.2, -0.15) is 0 Å². The van der Waals surface area contributed by atoms with Crippen molar-refractivity contribution in [2.75, 3.05) is 5.43 Å². The van der Waals surface area contributed by atoms with Crippen LogP contribution in [-0.4, -0.2) is 18.4 Å². The van der Waals surface area contributed by atoms with Crippen molar-refractivity contribution in [1.29, 1.82) is 0 Å². The molecule has 0 fully saturated rings. The Labute approximate surface area is 110 Å². The Balaban J connectivity index is 2.18. The molecule has 0 aliphatic heterocycles. The van der Waals surface area contributed by atoms with Crippen molar-refractivity contribution in [3.63, 3.8) is 0 Å². The number of hydrogen-bond acceptors (Lipinski definition) is 7. The molecule has 8 nitrogen and oxygen atoms in total. The third-order valence-corrected chi connectivity index (χ3v) is 3.62. The highest BCUT2D eigenvalue weighted by atomic mass is 32.2. The fourth-order valence-electron chi connectivity index (χ4n) is 1.42. The van der Waals surface area contributed by atoms with Gasteiger partial charge in [0.05, 0.1) is 18.4 Å². The van der Waals surface area contributed by atoms with Gasteiger partial charge in [0.2, 0.25) is 5.89 Å². The Morgan fingerprint density at radius 2 is 2.21 bits per heavy atom. The topological polar surface area (TPSA) is 123 Å². The minimum absolute atomic E-state index is 0.0588. The summed E-state index contributed by atoms with van der Waals surface area (Å²) >= 11 is 0. The van der Waals surface area contributed by atoms with Gasteiger partial charge in [0.15, 0.2) is 5.03 Å². The summed E-state index contributed by atoms with van der Waals surface area (Å²) in [6.07, 6.45) is 2.88. The van der Waals surface area contributed by atoms with E-state index >= 15 is 0 Å². The largest absolute Gasteiger partial charge is 0.445 e. The monoisotopic (exact) mass is 283 g/mol. The van der Waals surface area contributed by atoms with Gasteiger partial charge in [-0.25, -0.2) is 23.1 Å². The number of nitrogens with one attached hydrogen (secondary N) is 2. The number of oxazole rings is 1. The molecule has 2 aromatic rings. The number of rotatable bonds is 5. The molecule has 19 heavy (non-hydrogen) atoms. The predicted octanol–water partition coefficient (Wildman–Crippen LogP) is 0.142. The number of nitrogens with zero attached hydrogens (tertiary/aromatic N) is 2. The van der Waals surface area contributed by atoms with Gasteiger partial charge < -0.3 is 9.84 Å². The van der Waals surface area contributed by atoms with Crippen LogP contribution in [0, 0.1) is 6.92 Å². The quantitative estimate of drug-likeness (QED) is 0.527. The zero-order valence-electron chi connectivity index (χ0n) is 10.1. The van der Waals surface area contributed by atoms with E-state index in [0.717, 1.165) is 0 Å². The van der Waals surface area contributed by atoms with E-state index in [-0.39, 0.29) is 23.1 Å². The van der Waals surface area contributed by atoms with Crippen LogP contribution in [0.3, 0.4) is 0 Å². The standard InChI is InChI=1S/C10H13N5O3S/c1-7-5-13-9(18-7)6-14-19(16,17)10-8(15-11)3-2-4-12-10/h2-5,14-15H,6,11H2,1H3. The number of nitrogen functional groups attached to an aromatic ring is 1. The zero-order chi connectivity index (χ0) is 13.9. The van der Waals surface area contributed by atoms with E-state index in [2.05, 4.69) is 20.1 Å². The average molecular weight is 283 g/mol. The first-order chi connectivity index (χ1) is 9.03. The van der Waals surface area contributed by atoms with Crippen molar-refractivity contribution < 1.29 is 12.8 Å². The summed E-state index contributed by atoms with van der Waals surface area (Å²) in [7, 11) is -3.80. The molecule has 4 N–H and O–H groups in total. The highest BCUT2D eigenvalue weighted by molar-refractivity contribution is 7.89. The lowest BCUT2D eigenvalue weighted by molar-refractivity contribution is 0.463. The molecular formula is C10H13N5O3S. The Bertz CT molecular complexity index is 667. The molecule has 0 aliphatic carbocycles. The van der Waals surface area contributed by atoms with Gasteiger partial charge in [0, 0.05) is 6.20 Å². The molecule has 0 saturated heterocycles. The lowest BCUT2D eigenvalue weighted by Gasteiger charge is -2.08. The molecule has 102 valence electrons. The lowest BCUT2D eigenvalue weighted by atomic mass is 10.4. The summed E-state index contributed by atoms with van der Waals surface area (Å²) in [5.41, 5.74) is 2.49. The Hall–Kier alpha value is -1.97. The van der Waals surface area contributed by atoms with E-state index < -0.39 is 10.0 Å². The third-order valence-electron chi connectivity index (χ3n) is 2.26. The van der Waals surface area contributed by atoms with Crippen LogP contribution in [0.4, 0.5) is 5.69 Å². The highest BCUT2D eigenvalue weighted by Crippen LogP contribution is 2.16. The first-order valence-electron chi connectivity index (χ1n) is 5.35. The van der Waals surface area contributed by atoms with E-state index in [1.807, 2.05) is 0 Å². The fraction of sp³-hybridized carbons (Fsp3) is 0.200. The number of sulfonamides is 1. The summed E-state index contributed by atoms with van der Waals surface area (Å²) in [6, 6.07) is 3.09. The fourth-order valence-corrected chi connectivity index (χ4v) is 2.49. The maximum absolute atomic E-state index is 12.1. The Morgan fingerprint density at radius 1 is 1.42 bits per heavy atom. The highest BCUT2D eigenvalue weighted by Gasteiger charge is 2.20. The van der Waals surface area contributed by atoms with Crippen LogP contribution in [0.2, 0.25) is 0 Å². The maximum Gasteiger partial charge on any atom is 0.260 e. The summed E-state index contributed by atoms with van der Waals surface area (Å²) in [5.74, 6) is 6.13. The van der Waals surface area contributed by atoms with Crippen molar-refractivity contribution in [3.05, 3.63) is 36.2 Å². The minimum Gasteiger partial charge on any atom is -0.445 e. The number of pyridine rings is 1. The number of hydrogen-bond donors (Lipinski definition) is 3. The first kappa shape index (κ1) is 13.5. The van der Waals surface area contributed by atoms with Crippen LogP contribution in [-0.2, 0) is 16.6 Å². The molecular weight excluding hydrogens is 270 g/mol. The van der Waals surface area contributed by atoms with Crippen molar-refractivity contribution in [1.82, 2.24) is 14.7 Å². The molecule has 0 radical (unpaired) electrons. The van der Waals surface area contributed by atoms with E-state index in [9.17, 15) is 8.42 Å². The van der Waals surface area contributed by atoms with Gasteiger partial charge >= 0.3 is 0 Å². The number of nitrogens with two attached hydrogens (primary N) is 1. The van der Waals surface area contributed by atoms with Gasteiger partial charge in [-0.15, -0.1) is 0 Å². The number of aryl methyl sites for hydroxylation is 1. The van der Waals surface area contributed by atoms with Crippen LogP contribution in [0.15, 0.2) is 34.0 Å². The van der Waals surface area contributed by atoms with Gasteiger partial charge in [-0.05, 0) is 19.1 Å². The molecule has 0 unspecified atom stereocenters. The summed E-state index contributed by atoms with van der Waals surface area (Å²) in [6.45, 7) is 1.66. The van der Waals surface area contributed by atoms with Crippen molar-refractivity contribution >= 4 is 15.7 Å². The number of aromatic nitrogens is 2. The third kappa shape index (κ3) is 3.08. The molecule has 2 rings (SSSR count). The van der Waals surface area contributed by atoms with Gasteiger partial charge in [0.25, 0.3) is 10.0 Å². The van der Waals surface area contributed by atoms with Crippen LogP contribution in [0.5, 0.6) is 0 Å². The molecule has 0 spiro atoms. The second-order valence-corrected chi connectivity index (χ2v) is 5.37. The minimum atomic E-state index is -3.80. The van der Waals surface area contributed by atoms with Crippen molar-refractivity contribution in [2.45, 2.75) is 18.5 Å². The zero-order valence-corrected chi connectivity index (χ0v) is 10.9. The van der Waals surface area contributed by atoms with Crippen LogP contribution >= 0.6 is 0 Å². The lowest BCUT2D eigenvalue weighted by Crippen LogP contribution is -2.26. The van der Waals surface area contributed by atoms with E-state index in [4.69, 9.17) is 10.3 Å². The molecule has 0 bridgehead atoms. The molecule has 9 heteroatoms. The van der Waals surface area contributed by atoms with Crippen LogP contribution in [0.25, 0.3) is 0 Å². The second kappa shape index (κ2) is 5.34. The summed E-state index contributed by atoms with van der Waals surface area (Å²) in [5, 5.41) is -0.180. The Kier molecular flexibility index (Phi) is 3.79. The molecule has 0 aromatic carbocycles.